The van der Waals surface area contributed by atoms with Crippen molar-refractivity contribution < 1.29 is 18.1 Å². The van der Waals surface area contributed by atoms with Crippen LogP contribution in [0.25, 0.3) is 0 Å². The van der Waals surface area contributed by atoms with Gasteiger partial charge in [-0.15, -0.1) is 0 Å². The van der Waals surface area contributed by atoms with Crippen LogP contribution in [0.4, 0.5) is 30.2 Å². The van der Waals surface area contributed by atoms with Crippen LogP contribution in [-0.4, -0.2) is 4.92 Å². The lowest BCUT2D eigenvalue weighted by atomic mass is 9.98. The molecule has 0 spiro atoms. The van der Waals surface area contributed by atoms with E-state index in [0.717, 1.165) is 24.1 Å². The molecule has 2 rings (SSSR count). The van der Waals surface area contributed by atoms with Crippen LogP contribution < -0.4 is 5.32 Å². The maximum Gasteiger partial charge on any atom is 0.416 e. The normalized spacial score (nSPS) is 12.7. The molecule has 0 aliphatic rings. The summed E-state index contributed by atoms with van der Waals surface area (Å²) in [6.45, 7) is 4.16. The molecule has 2 aromatic rings. The van der Waals surface area contributed by atoms with Crippen molar-refractivity contribution in [1.82, 2.24) is 0 Å². The SMILES string of the molecule is CCC(C)c1ccc(Nc2ccc(C(F)(F)F)cc2[N+](=O)[O-])cc1. The molecule has 0 radical (unpaired) electrons. The van der Waals surface area contributed by atoms with Crippen LogP contribution in [0.5, 0.6) is 0 Å². The number of halogens is 3. The summed E-state index contributed by atoms with van der Waals surface area (Å²) < 4.78 is 38.1. The molecule has 1 atom stereocenters. The van der Waals surface area contributed by atoms with Gasteiger partial charge in [0.1, 0.15) is 5.69 Å². The first-order valence-corrected chi connectivity index (χ1v) is 7.45. The van der Waals surface area contributed by atoms with Crippen LogP contribution in [0.3, 0.4) is 0 Å². The summed E-state index contributed by atoms with van der Waals surface area (Å²) >= 11 is 0. The average molecular weight is 338 g/mol. The van der Waals surface area contributed by atoms with E-state index in [4.69, 9.17) is 0 Å². The molecule has 0 aliphatic carbocycles. The minimum Gasteiger partial charge on any atom is -0.350 e. The van der Waals surface area contributed by atoms with E-state index < -0.39 is 22.4 Å². The quantitative estimate of drug-likeness (QED) is 0.548. The number of hydrogen-bond donors (Lipinski definition) is 1. The van der Waals surface area contributed by atoms with Crippen LogP contribution in [0.2, 0.25) is 0 Å². The highest BCUT2D eigenvalue weighted by Crippen LogP contribution is 2.36. The van der Waals surface area contributed by atoms with E-state index >= 15 is 0 Å². The molecule has 4 nitrogen and oxygen atoms in total. The Balaban J connectivity index is 2.30. The van der Waals surface area contributed by atoms with Gasteiger partial charge < -0.3 is 5.32 Å². The molecule has 2 aromatic carbocycles. The first-order chi connectivity index (χ1) is 11.2. The summed E-state index contributed by atoms with van der Waals surface area (Å²) in [6, 6.07) is 9.73. The first kappa shape index (κ1) is 17.8. The van der Waals surface area contributed by atoms with Gasteiger partial charge in [0, 0.05) is 11.8 Å². The topological polar surface area (TPSA) is 55.2 Å². The van der Waals surface area contributed by atoms with Crippen LogP contribution in [-0.2, 0) is 6.18 Å². The smallest absolute Gasteiger partial charge is 0.350 e. The number of benzene rings is 2. The molecule has 128 valence electrons. The van der Waals surface area contributed by atoms with Gasteiger partial charge in [0.25, 0.3) is 5.69 Å². The Hall–Kier alpha value is -2.57. The summed E-state index contributed by atoms with van der Waals surface area (Å²) in [5.41, 5.74) is 0.0573. The zero-order valence-corrected chi connectivity index (χ0v) is 13.2. The molecular formula is C17H17F3N2O2. The minimum absolute atomic E-state index is 0.0179. The van der Waals surface area contributed by atoms with Gasteiger partial charge in [0.2, 0.25) is 0 Å². The average Bonchev–Trinajstić information content (AvgIpc) is 2.54. The number of anilines is 2. The van der Waals surface area contributed by atoms with Gasteiger partial charge in [0.05, 0.1) is 10.5 Å². The molecule has 24 heavy (non-hydrogen) atoms. The third kappa shape index (κ3) is 4.04. The monoisotopic (exact) mass is 338 g/mol. The van der Waals surface area contributed by atoms with Gasteiger partial charge in [-0.1, -0.05) is 26.0 Å². The van der Waals surface area contributed by atoms with E-state index in [1.807, 2.05) is 12.1 Å². The third-order valence-electron chi connectivity index (χ3n) is 3.89. The predicted octanol–water partition coefficient (Wildman–Crippen LogP) is 5.87. The molecule has 0 bridgehead atoms. The number of nitro benzene ring substituents is 1. The zero-order valence-electron chi connectivity index (χ0n) is 13.2. The van der Waals surface area contributed by atoms with Gasteiger partial charge in [-0.25, -0.2) is 0 Å². The highest BCUT2D eigenvalue weighted by molar-refractivity contribution is 5.70. The fraction of sp³-hybridized carbons (Fsp3) is 0.294. The first-order valence-electron chi connectivity index (χ1n) is 7.45. The fourth-order valence-corrected chi connectivity index (χ4v) is 2.25. The summed E-state index contributed by atoms with van der Waals surface area (Å²) in [5.74, 6) is 0.388. The molecule has 0 heterocycles. The number of nitro groups is 1. The van der Waals surface area contributed by atoms with Crippen molar-refractivity contribution in [3.63, 3.8) is 0 Å². The third-order valence-corrected chi connectivity index (χ3v) is 3.89. The number of hydrogen-bond acceptors (Lipinski definition) is 3. The Bertz CT molecular complexity index is 728. The molecular weight excluding hydrogens is 321 g/mol. The maximum absolute atomic E-state index is 12.7. The molecule has 1 unspecified atom stereocenters. The second-order valence-electron chi connectivity index (χ2n) is 5.54. The largest absolute Gasteiger partial charge is 0.416 e. The highest BCUT2D eigenvalue weighted by Gasteiger charge is 2.33. The lowest BCUT2D eigenvalue weighted by Crippen LogP contribution is -2.06. The number of alkyl halides is 3. The van der Waals surface area contributed by atoms with Crippen LogP contribution in [0, 0.1) is 10.1 Å². The molecule has 0 saturated carbocycles. The van der Waals surface area contributed by atoms with E-state index in [9.17, 15) is 23.3 Å². The second kappa shape index (κ2) is 6.90. The Morgan fingerprint density at radius 2 is 1.79 bits per heavy atom. The fourth-order valence-electron chi connectivity index (χ4n) is 2.25. The Morgan fingerprint density at radius 1 is 1.17 bits per heavy atom. The Kier molecular flexibility index (Phi) is 5.11. The Morgan fingerprint density at radius 3 is 2.29 bits per heavy atom. The molecule has 0 saturated heterocycles. The van der Waals surface area contributed by atoms with Crippen molar-refractivity contribution in [3.8, 4) is 0 Å². The van der Waals surface area contributed by atoms with E-state index in [1.54, 1.807) is 12.1 Å². The molecule has 0 aromatic heterocycles. The summed E-state index contributed by atoms with van der Waals surface area (Å²) in [4.78, 5) is 10.2. The number of nitrogens with zero attached hydrogens (tertiary/aromatic N) is 1. The Labute approximate surface area is 137 Å². The highest BCUT2D eigenvalue weighted by atomic mass is 19.4. The molecule has 0 aliphatic heterocycles. The van der Waals surface area contributed by atoms with Crippen molar-refractivity contribution >= 4 is 17.1 Å². The van der Waals surface area contributed by atoms with Gasteiger partial charge in [-0.05, 0) is 42.2 Å². The molecule has 0 amide bonds. The zero-order chi connectivity index (χ0) is 17.9. The number of nitrogens with one attached hydrogen (secondary N) is 1. The van der Waals surface area contributed by atoms with Gasteiger partial charge in [0.15, 0.2) is 0 Å². The van der Waals surface area contributed by atoms with Crippen molar-refractivity contribution in [2.45, 2.75) is 32.4 Å². The van der Waals surface area contributed by atoms with E-state index in [2.05, 4.69) is 19.2 Å². The van der Waals surface area contributed by atoms with E-state index in [1.165, 1.54) is 0 Å². The lowest BCUT2D eigenvalue weighted by Gasteiger charge is -2.12. The van der Waals surface area contributed by atoms with Gasteiger partial charge >= 0.3 is 6.18 Å². The van der Waals surface area contributed by atoms with E-state index in [-0.39, 0.29) is 5.69 Å². The minimum atomic E-state index is -4.62. The van der Waals surface area contributed by atoms with E-state index in [0.29, 0.717) is 17.7 Å². The molecule has 1 N–H and O–H groups in total. The van der Waals surface area contributed by atoms with Crippen molar-refractivity contribution in [3.05, 3.63) is 63.7 Å². The second-order valence-corrected chi connectivity index (χ2v) is 5.54. The standard InChI is InChI=1S/C17H17F3N2O2/c1-3-11(2)12-4-7-14(8-5-12)21-15-9-6-13(17(18,19)20)10-16(15)22(23)24/h4-11,21H,3H2,1-2H3. The number of rotatable bonds is 5. The predicted molar refractivity (Wildman–Crippen MR) is 86.5 cm³/mol. The van der Waals surface area contributed by atoms with Crippen molar-refractivity contribution in [1.29, 1.82) is 0 Å². The van der Waals surface area contributed by atoms with Gasteiger partial charge in [-0.3, -0.25) is 10.1 Å². The molecule has 7 heteroatoms. The summed E-state index contributed by atoms with van der Waals surface area (Å²) in [6.07, 6.45) is -3.64. The van der Waals surface area contributed by atoms with Crippen LogP contribution in [0.1, 0.15) is 37.3 Å². The van der Waals surface area contributed by atoms with Crippen LogP contribution >= 0.6 is 0 Å². The van der Waals surface area contributed by atoms with Gasteiger partial charge in [-0.2, -0.15) is 13.2 Å². The van der Waals surface area contributed by atoms with Crippen LogP contribution in [0.15, 0.2) is 42.5 Å². The van der Waals surface area contributed by atoms with Crippen molar-refractivity contribution in [2.75, 3.05) is 5.32 Å². The molecule has 0 fully saturated rings. The maximum atomic E-state index is 12.7. The summed E-state index contributed by atoms with van der Waals surface area (Å²) in [7, 11) is 0. The summed E-state index contributed by atoms with van der Waals surface area (Å²) in [5, 5.41) is 13.9. The van der Waals surface area contributed by atoms with Crippen molar-refractivity contribution in [2.24, 2.45) is 0 Å². The lowest BCUT2D eigenvalue weighted by molar-refractivity contribution is -0.384.